The molecule has 0 atom stereocenters. The number of rotatable bonds is 6. The predicted octanol–water partition coefficient (Wildman–Crippen LogP) is 2.96. The third-order valence-electron chi connectivity index (χ3n) is 3.30. The van der Waals surface area contributed by atoms with E-state index in [1.807, 2.05) is 16.8 Å². The number of hydrogen-bond donors (Lipinski definition) is 1. The van der Waals surface area contributed by atoms with Crippen LogP contribution in [0.25, 0.3) is 11.3 Å². The summed E-state index contributed by atoms with van der Waals surface area (Å²) >= 11 is 1.53. The van der Waals surface area contributed by atoms with E-state index in [1.165, 1.54) is 41.8 Å². The van der Waals surface area contributed by atoms with E-state index in [2.05, 4.69) is 14.7 Å². The molecule has 124 valence electrons. The highest BCUT2D eigenvalue weighted by Gasteiger charge is 2.14. The summed E-state index contributed by atoms with van der Waals surface area (Å²) in [6, 6.07) is 7.29. The monoisotopic (exact) mass is 363 g/mol. The van der Waals surface area contributed by atoms with E-state index in [0.29, 0.717) is 17.0 Å². The number of halogens is 1. The number of benzene rings is 1. The first-order chi connectivity index (χ1) is 11.5. The van der Waals surface area contributed by atoms with Crippen LogP contribution in [0.1, 0.15) is 11.3 Å². The Balaban J connectivity index is 1.72. The van der Waals surface area contributed by atoms with Gasteiger partial charge in [0.2, 0.25) is 10.0 Å². The normalized spacial score (nSPS) is 11.5. The van der Waals surface area contributed by atoms with Crippen molar-refractivity contribution in [3.63, 3.8) is 0 Å². The molecule has 0 spiro atoms. The zero-order valence-corrected chi connectivity index (χ0v) is 14.1. The number of aromatic nitrogens is 2. The van der Waals surface area contributed by atoms with Crippen molar-refractivity contribution in [3.05, 3.63) is 70.6 Å². The molecular formula is C16H14FN3O2S2. The van der Waals surface area contributed by atoms with E-state index in [9.17, 15) is 12.8 Å². The lowest BCUT2D eigenvalue weighted by Crippen LogP contribution is -2.25. The van der Waals surface area contributed by atoms with Crippen LogP contribution in [-0.4, -0.2) is 18.4 Å². The Bertz CT molecular complexity index is 911. The van der Waals surface area contributed by atoms with Crippen LogP contribution in [0.2, 0.25) is 0 Å². The predicted molar refractivity (Wildman–Crippen MR) is 91.2 cm³/mol. The Kier molecular flexibility index (Phi) is 4.98. The van der Waals surface area contributed by atoms with E-state index in [4.69, 9.17) is 0 Å². The number of thiophene rings is 1. The molecule has 2 heterocycles. The summed E-state index contributed by atoms with van der Waals surface area (Å²) < 4.78 is 39.8. The van der Waals surface area contributed by atoms with Crippen LogP contribution in [0.3, 0.4) is 0 Å². The van der Waals surface area contributed by atoms with Gasteiger partial charge in [-0.05, 0) is 29.1 Å². The van der Waals surface area contributed by atoms with Gasteiger partial charge in [0.15, 0.2) is 0 Å². The van der Waals surface area contributed by atoms with Gasteiger partial charge in [-0.15, -0.1) is 0 Å². The molecule has 0 unspecified atom stereocenters. The molecule has 3 aromatic rings. The van der Waals surface area contributed by atoms with Crippen molar-refractivity contribution in [1.82, 2.24) is 14.7 Å². The van der Waals surface area contributed by atoms with Gasteiger partial charge >= 0.3 is 0 Å². The minimum absolute atomic E-state index is 0.0442. The van der Waals surface area contributed by atoms with Gasteiger partial charge in [-0.2, -0.15) is 11.3 Å². The SMILES string of the molecule is O=S(=O)(Cc1ccc(F)cc1)NCc1nccnc1-c1ccsc1. The van der Waals surface area contributed by atoms with Gasteiger partial charge in [0.25, 0.3) is 0 Å². The molecule has 0 radical (unpaired) electrons. The van der Waals surface area contributed by atoms with Gasteiger partial charge in [0.1, 0.15) is 5.82 Å². The summed E-state index contributed by atoms with van der Waals surface area (Å²) in [6.45, 7) is 0.0442. The van der Waals surface area contributed by atoms with E-state index in [0.717, 1.165) is 5.56 Å². The first kappa shape index (κ1) is 16.7. The second-order valence-corrected chi connectivity index (χ2v) is 7.66. The molecule has 1 aromatic carbocycles. The maximum Gasteiger partial charge on any atom is 0.216 e. The molecule has 8 heteroatoms. The van der Waals surface area contributed by atoms with Crippen molar-refractivity contribution in [3.8, 4) is 11.3 Å². The second-order valence-electron chi connectivity index (χ2n) is 5.07. The smallest absolute Gasteiger partial charge is 0.216 e. The van der Waals surface area contributed by atoms with E-state index in [-0.39, 0.29) is 12.3 Å². The highest BCUT2D eigenvalue weighted by atomic mass is 32.2. The topological polar surface area (TPSA) is 72.0 Å². The molecule has 0 aliphatic carbocycles. The van der Waals surface area contributed by atoms with Crippen molar-refractivity contribution >= 4 is 21.4 Å². The van der Waals surface area contributed by atoms with Gasteiger partial charge < -0.3 is 0 Å². The summed E-state index contributed by atoms with van der Waals surface area (Å²) in [4.78, 5) is 8.51. The average molecular weight is 363 g/mol. The lowest BCUT2D eigenvalue weighted by Gasteiger charge is -2.09. The molecule has 3 rings (SSSR count). The summed E-state index contributed by atoms with van der Waals surface area (Å²) in [7, 11) is -3.57. The average Bonchev–Trinajstić information content (AvgIpc) is 3.10. The van der Waals surface area contributed by atoms with Crippen LogP contribution in [-0.2, 0) is 22.3 Å². The van der Waals surface area contributed by atoms with Crippen molar-refractivity contribution in [2.45, 2.75) is 12.3 Å². The Morgan fingerprint density at radius 3 is 2.54 bits per heavy atom. The molecule has 0 saturated carbocycles. The molecule has 0 amide bonds. The summed E-state index contributed by atoms with van der Waals surface area (Å²) in [5.41, 5.74) is 2.63. The zero-order valence-electron chi connectivity index (χ0n) is 12.5. The fraction of sp³-hybridized carbons (Fsp3) is 0.125. The van der Waals surface area contributed by atoms with Crippen molar-refractivity contribution in [2.24, 2.45) is 0 Å². The Hall–Kier alpha value is -2.16. The third kappa shape index (κ3) is 4.22. The van der Waals surface area contributed by atoms with Crippen LogP contribution in [0.4, 0.5) is 4.39 Å². The maximum atomic E-state index is 12.9. The second kappa shape index (κ2) is 7.16. The molecule has 0 aliphatic rings. The van der Waals surface area contributed by atoms with Crippen molar-refractivity contribution in [2.75, 3.05) is 0 Å². The largest absolute Gasteiger partial charge is 0.256 e. The fourth-order valence-corrected chi connectivity index (χ4v) is 3.90. The molecule has 1 N–H and O–H groups in total. The lowest BCUT2D eigenvalue weighted by molar-refractivity contribution is 0.579. The fourth-order valence-electron chi connectivity index (χ4n) is 2.17. The first-order valence-electron chi connectivity index (χ1n) is 7.08. The Labute approximate surface area is 143 Å². The summed E-state index contributed by atoms with van der Waals surface area (Å²) in [5, 5.41) is 3.85. The van der Waals surface area contributed by atoms with E-state index >= 15 is 0 Å². The minimum Gasteiger partial charge on any atom is -0.256 e. The molecule has 24 heavy (non-hydrogen) atoms. The van der Waals surface area contributed by atoms with Crippen molar-refractivity contribution in [1.29, 1.82) is 0 Å². The molecule has 0 bridgehead atoms. The first-order valence-corrected chi connectivity index (χ1v) is 9.67. The Morgan fingerprint density at radius 1 is 1.08 bits per heavy atom. The number of nitrogens with zero attached hydrogens (tertiary/aromatic N) is 2. The highest BCUT2D eigenvalue weighted by molar-refractivity contribution is 7.88. The molecular weight excluding hydrogens is 349 g/mol. The standard InChI is InChI=1S/C16H14FN3O2S2/c17-14-3-1-12(2-4-14)11-24(21,22)20-9-15-16(19-7-6-18-15)13-5-8-23-10-13/h1-8,10,20H,9,11H2. The van der Waals surface area contributed by atoms with Crippen LogP contribution in [0, 0.1) is 5.82 Å². The number of sulfonamides is 1. The minimum atomic E-state index is -3.57. The third-order valence-corrected chi connectivity index (χ3v) is 5.28. The number of nitrogens with one attached hydrogen (secondary N) is 1. The molecule has 5 nitrogen and oxygen atoms in total. The molecule has 2 aromatic heterocycles. The molecule has 0 saturated heterocycles. The maximum absolute atomic E-state index is 12.9. The van der Waals surface area contributed by atoms with Crippen LogP contribution < -0.4 is 4.72 Å². The van der Waals surface area contributed by atoms with E-state index < -0.39 is 15.8 Å². The van der Waals surface area contributed by atoms with Crippen LogP contribution >= 0.6 is 11.3 Å². The van der Waals surface area contributed by atoms with E-state index in [1.54, 1.807) is 6.20 Å². The Morgan fingerprint density at radius 2 is 1.83 bits per heavy atom. The molecule has 0 aliphatic heterocycles. The van der Waals surface area contributed by atoms with Crippen molar-refractivity contribution < 1.29 is 12.8 Å². The van der Waals surface area contributed by atoms with Gasteiger partial charge in [0, 0.05) is 23.3 Å². The zero-order chi connectivity index (χ0) is 17.0. The van der Waals surface area contributed by atoms with Gasteiger partial charge in [-0.25, -0.2) is 17.5 Å². The van der Waals surface area contributed by atoms with Crippen LogP contribution in [0.15, 0.2) is 53.5 Å². The molecule has 0 fully saturated rings. The van der Waals surface area contributed by atoms with Gasteiger partial charge in [-0.3, -0.25) is 9.97 Å². The lowest BCUT2D eigenvalue weighted by atomic mass is 10.2. The van der Waals surface area contributed by atoms with Crippen LogP contribution in [0.5, 0.6) is 0 Å². The summed E-state index contributed by atoms with van der Waals surface area (Å²) in [5.74, 6) is -0.620. The van der Waals surface area contributed by atoms with Gasteiger partial charge in [0.05, 0.1) is 23.7 Å². The highest BCUT2D eigenvalue weighted by Crippen LogP contribution is 2.22. The quantitative estimate of drug-likeness (QED) is 0.731. The summed E-state index contributed by atoms with van der Waals surface area (Å²) in [6.07, 6.45) is 3.10. The number of hydrogen-bond acceptors (Lipinski definition) is 5. The van der Waals surface area contributed by atoms with Gasteiger partial charge in [-0.1, -0.05) is 12.1 Å².